The lowest BCUT2D eigenvalue weighted by Gasteiger charge is -2.41. The molecule has 0 spiro atoms. The van der Waals surface area contributed by atoms with Crippen LogP contribution in [0.3, 0.4) is 0 Å². The minimum atomic E-state index is 0.297. The fraction of sp³-hybridized carbons (Fsp3) is 0.933. The minimum absolute atomic E-state index is 0.297. The molecule has 3 fully saturated rings. The molecule has 1 aliphatic heterocycles. The summed E-state index contributed by atoms with van der Waals surface area (Å²) in [5.41, 5.74) is 5.90. The summed E-state index contributed by atoms with van der Waals surface area (Å²) in [6.45, 7) is 3.82. The molecule has 0 radical (unpaired) electrons. The third-order valence-electron chi connectivity index (χ3n) is 5.70. The number of fused-ring (bicyclic) bond motifs is 2. The summed E-state index contributed by atoms with van der Waals surface area (Å²) in [7, 11) is 0. The summed E-state index contributed by atoms with van der Waals surface area (Å²) >= 11 is 0. The van der Waals surface area contributed by atoms with Gasteiger partial charge in [-0.15, -0.1) is 0 Å². The van der Waals surface area contributed by atoms with Gasteiger partial charge in [0.25, 0.3) is 0 Å². The van der Waals surface area contributed by atoms with E-state index >= 15 is 0 Å². The van der Waals surface area contributed by atoms with Crippen LogP contribution in [0.15, 0.2) is 0 Å². The molecule has 1 saturated heterocycles. The van der Waals surface area contributed by atoms with Crippen LogP contribution in [-0.4, -0.2) is 29.9 Å². The number of carbonyl (C=O) groups excluding carboxylic acids is 1. The first kappa shape index (κ1) is 12.5. The number of piperidine rings is 1. The van der Waals surface area contributed by atoms with Crippen molar-refractivity contribution in [3.63, 3.8) is 0 Å². The molecule has 3 aliphatic rings. The fourth-order valence-corrected chi connectivity index (χ4v) is 4.64. The van der Waals surface area contributed by atoms with E-state index in [9.17, 15) is 4.79 Å². The number of hydrogen-bond acceptors (Lipinski definition) is 2. The Morgan fingerprint density at radius 3 is 2.72 bits per heavy atom. The van der Waals surface area contributed by atoms with Gasteiger partial charge in [0.05, 0.1) is 0 Å². The van der Waals surface area contributed by atoms with Crippen LogP contribution >= 0.6 is 0 Å². The zero-order valence-electron chi connectivity index (χ0n) is 11.5. The average Bonchev–Trinajstić information content (AvgIpc) is 2.99. The van der Waals surface area contributed by atoms with Crippen molar-refractivity contribution >= 4 is 5.91 Å². The second kappa shape index (κ2) is 4.84. The van der Waals surface area contributed by atoms with E-state index in [0.29, 0.717) is 36.2 Å². The van der Waals surface area contributed by atoms with Crippen LogP contribution in [0.5, 0.6) is 0 Å². The molecule has 0 aromatic carbocycles. The molecular weight excluding hydrogens is 224 g/mol. The van der Waals surface area contributed by atoms with Crippen LogP contribution in [-0.2, 0) is 4.79 Å². The Balaban J connectivity index is 1.71. The van der Waals surface area contributed by atoms with Crippen molar-refractivity contribution in [1.82, 2.24) is 4.90 Å². The summed E-state index contributed by atoms with van der Waals surface area (Å²) in [5.74, 6) is 2.89. The first-order valence-electron chi connectivity index (χ1n) is 7.71. The van der Waals surface area contributed by atoms with Crippen molar-refractivity contribution in [2.45, 2.75) is 51.5 Å². The van der Waals surface area contributed by atoms with E-state index in [1.165, 1.54) is 25.7 Å². The molecule has 102 valence electrons. The van der Waals surface area contributed by atoms with E-state index in [-0.39, 0.29) is 0 Å². The lowest BCUT2D eigenvalue weighted by molar-refractivity contribution is -0.142. The predicted octanol–water partition coefficient (Wildman–Crippen LogP) is 2.01. The third kappa shape index (κ3) is 1.97. The summed E-state index contributed by atoms with van der Waals surface area (Å²) in [4.78, 5) is 14.9. The number of amides is 1. The first-order valence-corrected chi connectivity index (χ1v) is 7.71. The Morgan fingerprint density at radius 2 is 2.11 bits per heavy atom. The second-order valence-corrected chi connectivity index (χ2v) is 6.74. The number of nitrogens with two attached hydrogens (primary N) is 1. The highest BCUT2D eigenvalue weighted by atomic mass is 16.2. The lowest BCUT2D eigenvalue weighted by Crippen LogP contribution is -2.53. The summed E-state index contributed by atoms with van der Waals surface area (Å²) in [5, 5.41) is 0. The maximum Gasteiger partial charge on any atom is 0.226 e. The minimum Gasteiger partial charge on any atom is -0.338 e. The number of rotatable bonds is 2. The molecule has 5 unspecified atom stereocenters. The van der Waals surface area contributed by atoms with Gasteiger partial charge in [-0.25, -0.2) is 0 Å². The van der Waals surface area contributed by atoms with Crippen LogP contribution in [0.2, 0.25) is 0 Å². The Labute approximate surface area is 110 Å². The van der Waals surface area contributed by atoms with Crippen molar-refractivity contribution in [2.24, 2.45) is 29.4 Å². The standard InChI is InChI=1S/C15H26N2O/c1-10-3-2-6-17(14(10)9-16)15(18)13-8-11-4-5-12(13)7-11/h10-14H,2-9,16H2,1H3. The van der Waals surface area contributed by atoms with Gasteiger partial charge in [0.15, 0.2) is 0 Å². The number of hydrogen-bond donors (Lipinski definition) is 1. The predicted molar refractivity (Wildman–Crippen MR) is 71.9 cm³/mol. The quantitative estimate of drug-likeness (QED) is 0.815. The fourth-order valence-electron chi connectivity index (χ4n) is 4.64. The highest BCUT2D eigenvalue weighted by Gasteiger charge is 2.45. The van der Waals surface area contributed by atoms with E-state index in [2.05, 4.69) is 11.8 Å². The molecule has 18 heavy (non-hydrogen) atoms. The Kier molecular flexibility index (Phi) is 3.35. The average molecular weight is 250 g/mol. The molecule has 2 N–H and O–H groups in total. The molecule has 0 aromatic rings. The van der Waals surface area contributed by atoms with Crippen molar-refractivity contribution < 1.29 is 4.79 Å². The van der Waals surface area contributed by atoms with Gasteiger partial charge in [-0.2, -0.15) is 0 Å². The van der Waals surface area contributed by atoms with E-state index in [1.54, 1.807) is 0 Å². The van der Waals surface area contributed by atoms with Crippen LogP contribution < -0.4 is 5.73 Å². The van der Waals surface area contributed by atoms with Crippen molar-refractivity contribution in [3.05, 3.63) is 0 Å². The van der Waals surface area contributed by atoms with Gasteiger partial charge in [0.2, 0.25) is 5.91 Å². The smallest absolute Gasteiger partial charge is 0.226 e. The Hall–Kier alpha value is -0.570. The Morgan fingerprint density at radius 1 is 1.28 bits per heavy atom. The van der Waals surface area contributed by atoms with Crippen LogP contribution in [0, 0.1) is 23.7 Å². The molecule has 5 atom stereocenters. The molecular formula is C15H26N2O. The summed E-state index contributed by atoms with van der Waals surface area (Å²) < 4.78 is 0. The molecule has 0 aromatic heterocycles. The van der Waals surface area contributed by atoms with Gasteiger partial charge in [0.1, 0.15) is 0 Å². The highest BCUT2D eigenvalue weighted by molar-refractivity contribution is 5.80. The molecule has 2 bridgehead atoms. The van der Waals surface area contributed by atoms with Crippen LogP contribution in [0.25, 0.3) is 0 Å². The van der Waals surface area contributed by atoms with E-state index < -0.39 is 0 Å². The van der Waals surface area contributed by atoms with Gasteiger partial charge >= 0.3 is 0 Å². The zero-order valence-corrected chi connectivity index (χ0v) is 11.5. The molecule has 2 saturated carbocycles. The van der Waals surface area contributed by atoms with Crippen molar-refractivity contribution in [1.29, 1.82) is 0 Å². The van der Waals surface area contributed by atoms with Gasteiger partial charge in [-0.05, 0) is 49.9 Å². The van der Waals surface area contributed by atoms with Gasteiger partial charge in [0, 0.05) is 25.0 Å². The van der Waals surface area contributed by atoms with E-state index in [0.717, 1.165) is 25.3 Å². The first-order chi connectivity index (χ1) is 8.70. The third-order valence-corrected chi connectivity index (χ3v) is 5.70. The van der Waals surface area contributed by atoms with E-state index in [4.69, 9.17) is 5.73 Å². The molecule has 3 nitrogen and oxygen atoms in total. The normalized spacial score (nSPS) is 43.4. The molecule has 3 rings (SSSR count). The topological polar surface area (TPSA) is 46.3 Å². The van der Waals surface area contributed by atoms with Gasteiger partial charge < -0.3 is 10.6 Å². The molecule has 1 heterocycles. The molecule has 3 heteroatoms. The second-order valence-electron chi connectivity index (χ2n) is 6.74. The van der Waals surface area contributed by atoms with Gasteiger partial charge in [-0.3, -0.25) is 4.79 Å². The maximum absolute atomic E-state index is 12.8. The van der Waals surface area contributed by atoms with Crippen LogP contribution in [0.1, 0.15) is 45.4 Å². The Bertz CT molecular complexity index is 330. The molecule has 2 aliphatic carbocycles. The SMILES string of the molecule is CC1CCCN(C(=O)C2CC3CCC2C3)C1CN. The largest absolute Gasteiger partial charge is 0.338 e. The maximum atomic E-state index is 12.8. The number of carbonyl (C=O) groups is 1. The summed E-state index contributed by atoms with van der Waals surface area (Å²) in [6.07, 6.45) is 7.51. The number of likely N-dealkylation sites (tertiary alicyclic amines) is 1. The zero-order chi connectivity index (χ0) is 12.7. The van der Waals surface area contributed by atoms with Crippen molar-refractivity contribution in [3.8, 4) is 0 Å². The van der Waals surface area contributed by atoms with Gasteiger partial charge in [-0.1, -0.05) is 13.3 Å². The summed E-state index contributed by atoms with van der Waals surface area (Å²) in [6, 6.07) is 0.297. The lowest BCUT2D eigenvalue weighted by atomic mass is 9.84. The van der Waals surface area contributed by atoms with Crippen molar-refractivity contribution in [2.75, 3.05) is 13.1 Å². The highest BCUT2D eigenvalue weighted by Crippen LogP contribution is 2.49. The van der Waals surface area contributed by atoms with Crippen LogP contribution in [0.4, 0.5) is 0 Å². The monoisotopic (exact) mass is 250 g/mol. The molecule has 1 amide bonds. The van der Waals surface area contributed by atoms with E-state index in [1.807, 2.05) is 0 Å². The number of nitrogens with zero attached hydrogens (tertiary/aromatic N) is 1.